The highest BCUT2D eigenvalue weighted by atomic mass is 32.2. The molecule has 0 saturated carbocycles. The molecule has 0 heterocycles. The fourth-order valence-corrected chi connectivity index (χ4v) is 4.98. The smallest absolute Gasteiger partial charge is 0.264 e. The Morgan fingerprint density at radius 2 is 1.71 bits per heavy atom. The van der Waals surface area contributed by atoms with Crippen molar-refractivity contribution in [1.82, 2.24) is 5.32 Å². The van der Waals surface area contributed by atoms with Crippen LogP contribution in [0.2, 0.25) is 0 Å². The average Bonchev–Trinajstić information content (AvgIpc) is 2.83. The number of nitrogens with zero attached hydrogens (tertiary/aromatic N) is 1. The maximum Gasteiger partial charge on any atom is 0.264 e. The largest absolute Gasteiger partial charge is 0.495 e. The van der Waals surface area contributed by atoms with E-state index < -0.39 is 22.5 Å². The molecule has 0 radical (unpaired) electrons. The normalized spacial score (nSPS) is 12.0. The molecule has 0 aliphatic heterocycles. The maximum atomic E-state index is 13.6. The van der Waals surface area contributed by atoms with Crippen LogP contribution >= 0.6 is 0 Å². The van der Waals surface area contributed by atoms with Gasteiger partial charge in [0, 0.05) is 0 Å². The van der Waals surface area contributed by atoms with E-state index in [9.17, 15) is 13.2 Å². The second kappa shape index (κ2) is 11.1. The summed E-state index contributed by atoms with van der Waals surface area (Å²) in [7, 11) is -2.57. The summed E-state index contributed by atoms with van der Waals surface area (Å²) in [5.41, 5.74) is 2.02. The monoisotopic (exact) mass is 482 g/mol. The third kappa shape index (κ3) is 5.88. The van der Waals surface area contributed by atoms with Crippen LogP contribution in [0.15, 0.2) is 77.7 Å². The van der Waals surface area contributed by atoms with Gasteiger partial charge in [-0.2, -0.15) is 0 Å². The molecular formula is C26H30N2O5S. The van der Waals surface area contributed by atoms with E-state index in [2.05, 4.69) is 5.32 Å². The van der Waals surface area contributed by atoms with Crippen molar-refractivity contribution in [3.8, 4) is 11.5 Å². The lowest BCUT2D eigenvalue weighted by atomic mass is 10.1. The van der Waals surface area contributed by atoms with Crippen LogP contribution in [0, 0.1) is 6.92 Å². The molecule has 0 aliphatic rings. The minimum Gasteiger partial charge on any atom is -0.495 e. The zero-order valence-electron chi connectivity index (χ0n) is 19.8. The van der Waals surface area contributed by atoms with Crippen molar-refractivity contribution in [2.75, 3.05) is 24.6 Å². The van der Waals surface area contributed by atoms with Crippen molar-refractivity contribution < 1.29 is 22.7 Å². The number of sulfonamides is 1. The van der Waals surface area contributed by atoms with Gasteiger partial charge in [-0.1, -0.05) is 36.4 Å². The third-order valence-corrected chi connectivity index (χ3v) is 7.06. The molecule has 180 valence electrons. The van der Waals surface area contributed by atoms with Crippen molar-refractivity contribution in [3.05, 3.63) is 83.9 Å². The van der Waals surface area contributed by atoms with Crippen LogP contribution in [0.4, 0.5) is 5.69 Å². The zero-order chi connectivity index (χ0) is 24.7. The lowest BCUT2D eigenvalue weighted by Gasteiger charge is -2.27. The van der Waals surface area contributed by atoms with E-state index in [0.717, 1.165) is 21.2 Å². The zero-order valence-corrected chi connectivity index (χ0v) is 20.6. The Labute approximate surface area is 201 Å². The van der Waals surface area contributed by atoms with E-state index in [1.54, 1.807) is 30.3 Å². The van der Waals surface area contributed by atoms with Gasteiger partial charge in [-0.15, -0.1) is 0 Å². The number of benzene rings is 3. The molecule has 0 bridgehead atoms. The van der Waals surface area contributed by atoms with E-state index in [4.69, 9.17) is 9.47 Å². The SMILES string of the molecule is CCOc1ccc([C@@H](C)NC(=O)CN(c2cc(C)ccc2OC)S(=O)(=O)c2ccccc2)cc1. The second-order valence-corrected chi connectivity index (χ2v) is 9.65. The summed E-state index contributed by atoms with van der Waals surface area (Å²) >= 11 is 0. The summed E-state index contributed by atoms with van der Waals surface area (Å²) < 4.78 is 39.1. The van der Waals surface area contributed by atoms with Crippen molar-refractivity contribution in [2.24, 2.45) is 0 Å². The highest BCUT2D eigenvalue weighted by Crippen LogP contribution is 2.33. The van der Waals surface area contributed by atoms with Crippen molar-refractivity contribution in [3.63, 3.8) is 0 Å². The quantitative estimate of drug-likeness (QED) is 0.461. The van der Waals surface area contributed by atoms with Crippen LogP contribution in [-0.4, -0.2) is 34.6 Å². The number of carbonyl (C=O) groups excluding carboxylic acids is 1. The summed E-state index contributed by atoms with van der Waals surface area (Å²) in [6, 6.07) is 20.3. The van der Waals surface area contributed by atoms with Gasteiger partial charge in [0.25, 0.3) is 10.0 Å². The first-order valence-corrected chi connectivity index (χ1v) is 12.4. The number of carbonyl (C=O) groups is 1. The third-order valence-electron chi connectivity index (χ3n) is 5.29. The molecule has 0 fully saturated rings. The molecule has 0 saturated heterocycles. The Kier molecular flexibility index (Phi) is 8.17. The summed E-state index contributed by atoms with van der Waals surface area (Å²) in [4.78, 5) is 13.1. The van der Waals surface area contributed by atoms with Crippen LogP contribution in [-0.2, 0) is 14.8 Å². The number of rotatable bonds is 10. The second-order valence-electron chi connectivity index (χ2n) is 7.79. The lowest BCUT2D eigenvalue weighted by molar-refractivity contribution is -0.120. The Morgan fingerprint density at radius 3 is 2.32 bits per heavy atom. The Morgan fingerprint density at radius 1 is 1.03 bits per heavy atom. The van der Waals surface area contributed by atoms with Gasteiger partial charge in [-0.05, 0) is 68.3 Å². The molecule has 8 heteroatoms. The van der Waals surface area contributed by atoms with Gasteiger partial charge >= 0.3 is 0 Å². The summed E-state index contributed by atoms with van der Waals surface area (Å²) in [6.45, 7) is 5.77. The highest BCUT2D eigenvalue weighted by Gasteiger charge is 2.30. The number of hydrogen-bond acceptors (Lipinski definition) is 5. The first-order valence-electron chi connectivity index (χ1n) is 11.0. The highest BCUT2D eigenvalue weighted by molar-refractivity contribution is 7.92. The van der Waals surface area contributed by atoms with Crippen LogP contribution in [0.3, 0.4) is 0 Å². The van der Waals surface area contributed by atoms with E-state index in [1.165, 1.54) is 19.2 Å². The maximum absolute atomic E-state index is 13.6. The van der Waals surface area contributed by atoms with Gasteiger partial charge in [0.05, 0.1) is 30.3 Å². The first kappa shape index (κ1) is 25.1. The van der Waals surface area contributed by atoms with Gasteiger partial charge < -0.3 is 14.8 Å². The van der Waals surface area contributed by atoms with Crippen LogP contribution in [0.25, 0.3) is 0 Å². The first-order chi connectivity index (χ1) is 16.3. The van der Waals surface area contributed by atoms with Gasteiger partial charge in [0.2, 0.25) is 5.91 Å². The average molecular weight is 483 g/mol. The molecule has 34 heavy (non-hydrogen) atoms. The molecule has 7 nitrogen and oxygen atoms in total. The van der Waals surface area contributed by atoms with Gasteiger partial charge in [-0.25, -0.2) is 8.42 Å². The molecule has 3 rings (SSSR count). The molecule has 1 N–H and O–H groups in total. The predicted octanol–water partition coefficient (Wildman–Crippen LogP) is 4.48. The van der Waals surface area contributed by atoms with Crippen LogP contribution in [0.5, 0.6) is 11.5 Å². The molecule has 3 aromatic carbocycles. The predicted molar refractivity (Wildman–Crippen MR) is 133 cm³/mol. The molecule has 0 spiro atoms. The molecule has 1 amide bonds. The van der Waals surface area contributed by atoms with Crippen LogP contribution in [0.1, 0.15) is 31.0 Å². The number of aryl methyl sites for hydroxylation is 1. The van der Waals surface area contributed by atoms with E-state index in [-0.39, 0.29) is 10.9 Å². The van der Waals surface area contributed by atoms with E-state index in [0.29, 0.717) is 18.0 Å². The molecule has 0 aliphatic carbocycles. The molecule has 0 aromatic heterocycles. The van der Waals surface area contributed by atoms with Crippen molar-refractivity contribution >= 4 is 21.6 Å². The number of hydrogen-bond donors (Lipinski definition) is 1. The number of ether oxygens (including phenoxy) is 2. The Hall–Kier alpha value is -3.52. The van der Waals surface area contributed by atoms with E-state index >= 15 is 0 Å². The molecule has 1 atom stereocenters. The minimum atomic E-state index is -4.03. The topological polar surface area (TPSA) is 84.9 Å². The lowest BCUT2D eigenvalue weighted by Crippen LogP contribution is -2.41. The standard InChI is InChI=1S/C26H30N2O5S/c1-5-33-22-14-12-21(13-15-22)20(3)27-26(29)18-28(24-17-19(2)11-16-25(24)32-4)34(30,31)23-9-7-6-8-10-23/h6-17,20H,5,18H2,1-4H3,(H,27,29)/t20-/m1/s1. The number of methoxy groups -OCH3 is 1. The summed E-state index contributed by atoms with van der Waals surface area (Å²) in [6.07, 6.45) is 0. The number of nitrogens with one attached hydrogen (secondary N) is 1. The van der Waals surface area contributed by atoms with Crippen molar-refractivity contribution in [2.45, 2.75) is 31.7 Å². The fourth-order valence-electron chi connectivity index (χ4n) is 3.53. The molecule has 3 aromatic rings. The van der Waals surface area contributed by atoms with Gasteiger partial charge in [-0.3, -0.25) is 9.10 Å². The molecular weight excluding hydrogens is 452 g/mol. The minimum absolute atomic E-state index is 0.0888. The Bertz CT molecular complexity index is 1210. The van der Waals surface area contributed by atoms with Gasteiger partial charge in [0.1, 0.15) is 18.0 Å². The van der Waals surface area contributed by atoms with Crippen molar-refractivity contribution in [1.29, 1.82) is 0 Å². The van der Waals surface area contributed by atoms with E-state index in [1.807, 2.05) is 51.1 Å². The fraction of sp³-hybridized carbons (Fsp3) is 0.269. The summed E-state index contributed by atoms with van der Waals surface area (Å²) in [5.74, 6) is 0.665. The van der Waals surface area contributed by atoms with Gasteiger partial charge in [0.15, 0.2) is 0 Å². The molecule has 0 unspecified atom stereocenters. The number of amides is 1. The van der Waals surface area contributed by atoms with Crippen LogP contribution < -0.4 is 19.1 Å². The Balaban J connectivity index is 1.90. The number of anilines is 1. The summed E-state index contributed by atoms with van der Waals surface area (Å²) in [5, 5.41) is 2.90.